The Morgan fingerprint density at radius 3 is 2.83 bits per heavy atom. The standard InChI is InChI=1S/C4H6O2/c1-2-3-6-4-5/h3,5H,1,4H2. The van der Waals surface area contributed by atoms with Gasteiger partial charge >= 0.3 is 0 Å². The molecule has 0 bridgehead atoms. The fourth-order valence-electron chi connectivity index (χ4n) is 0.0962. The van der Waals surface area contributed by atoms with Gasteiger partial charge in [-0.2, -0.15) is 0 Å². The molecule has 0 aliphatic heterocycles. The molecule has 0 saturated carbocycles. The number of ether oxygens (including phenoxy) is 1. The Bertz CT molecular complexity index is 61.9. The highest BCUT2D eigenvalue weighted by molar-refractivity contribution is 4.62. The summed E-state index contributed by atoms with van der Waals surface area (Å²) in [5, 5.41) is 7.88. The molecule has 0 aromatic carbocycles. The molecule has 0 aromatic heterocycles. The van der Waals surface area contributed by atoms with Gasteiger partial charge in [-0.25, -0.2) is 0 Å². The van der Waals surface area contributed by atoms with E-state index in [1.807, 2.05) is 0 Å². The lowest BCUT2D eigenvalue weighted by molar-refractivity contribution is 0.0605. The van der Waals surface area contributed by atoms with Crippen LogP contribution in [0.25, 0.3) is 0 Å². The van der Waals surface area contributed by atoms with Gasteiger partial charge < -0.3 is 9.84 Å². The van der Waals surface area contributed by atoms with Crippen molar-refractivity contribution >= 4 is 0 Å². The van der Waals surface area contributed by atoms with E-state index >= 15 is 0 Å². The van der Waals surface area contributed by atoms with E-state index in [4.69, 9.17) is 5.11 Å². The van der Waals surface area contributed by atoms with Crippen molar-refractivity contribution in [2.75, 3.05) is 6.79 Å². The molecule has 0 aromatic rings. The highest BCUT2D eigenvalue weighted by Crippen LogP contribution is 1.64. The molecule has 0 atom stereocenters. The second-order valence-corrected chi connectivity index (χ2v) is 0.618. The van der Waals surface area contributed by atoms with Crippen molar-refractivity contribution in [1.82, 2.24) is 0 Å². The normalized spacial score (nSPS) is 6.17. The van der Waals surface area contributed by atoms with Crippen molar-refractivity contribution in [3.63, 3.8) is 0 Å². The summed E-state index contributed by atoms with van der Waals surface area (Å²) in [7, 11) is 0. The van der Waals surface area contributed by atoms with E-state index in [1.54, 1.807) is 0 Å². The Hall–Kier alpha value is -0.720. The molecule has 34 valence electrons. The zero-order valence-electron chi connectivity index (χ0n) is 3.35. The average Bonchev–Trinajstić information content (AvgIpc) is 1.61. The number of hydrogen-bond donors (Lipinski definition) is 1. The summed E-state index contributed by atoms with van der Waals surface area (Å²) >= 11 is 0. The van der Waals surface area contributed by atoms with Gasteiger partial charge in [-0.1, -0.05) is 12.3 Å². The first-order valence-corrected chi connectivity index (χ1v) is 1.48. The Kier molecular flexibility index (Phi) is 3.77. The lowest BCUT2D eigenvalue weighted by atomic mass is 10.9. The van der Waals surface area contributed by atoms with Crippen LogP contribution in [-0.2, 0) is 4.74 Å². The molecular formula is C4H6O2. The van der Waals surface area contributed by atoms with Gasteiger partial charge in [0.05, 0.1) is 0 Å². The number of hydrogen-bond acceptors (Lipinski definition) is 2. The second kappa shape index (κ2) is 4.28. The van der Waals surface area contributed by atoms with Crippen LogP contribution in [0.4, 0.5) is 0 Å². The van der Waals surface area contributed by atoms with Gasteiger partial charge in [0.1, 0.15) is 6.26 Å². The molecular weight excluding hydrogens is 80.0 g/mol. The number of aliphatic hydroxyl groups excluding tert-OH is 1. The minimum absolute atomic E-state index is 0.303. The van der Waals surface area contributed by atoms with E-state index in [9.17, 15) is 0 Å². The fourth-order valence-corrected chi connectivity index (χ4v) is 0.0962. The summed E-state index contributed by atoms with van der Waals surface area (Å²) in [6.07, 6.45) is 1.19. The summed E-state index contributed by atoms with van der Waals surface area (Å²) in [6.45, 7) is 2.88. The molecule has 6 heavy (non-hydrogen) atoms. The molecule has 0 unspecified atom stereocenters. The first kappa shape index (κ1) is 5.28. The number of aliphatic hydroxyl groups is 1. The minimum Gasteiger partial charge on any atom is -0.467 e. The monoisotopic (exact) mass is 86.0 g/mol. The van der Waals surface area contributed by atoms with E-state index in [0.29, 0.717) is 0 Å². The van der Waals surface area contributed by atoms with Gasteiger partial charge in [0.2, 0.25) is 0 Å². The van der Waals surface area contributed by atoms with Crippen LogP contribution in [0.5, 0.6) is 0 Å². The van der Waals surface area contributed by atoms with E-state index < -0.39 is 0 Å². The molecule has 2 heteroatoms. The topological polar surface area (TPSA) is 29.5 Å². The lowest BCUT2D eigenvalue weighted by Crippen LogP contribution is -1.78. The minimum atomic E-state index is -0.303. The van der Waals surface area contributed by atoms with Crippen molar-refractivity contribution in [3.05, 3.63) is 18.6 Å². The first-order valence-electron chi connectivity index (χ1n) is 1.48. The maximum atomic E-state index is 7.88. The van der Waals surface area contributed by atoms with Crippen LogP contribution in [0.3, 0.4) is 0 Å². The Labute approximate surface area is 36.4 Å². The second-order valence-electron chi connectivity index (χ2n) is 0.618. The SMILES string of the molecule is C=C=COCO. The van der Waals surface area contributed by atoms with Gasteiger partial charge in [-0.15, -0.1) is 0 Å². The van der Waals surface area contributed by atoms with Crippen molar-refractivity contribution < 1.29 is 9.84 Å². The van der Waals surface area contributed by atoms with E-state index in [0.717, 1.165) is 0 Å². The highest BCUT2D eigenvalue weighted by Gasteiger charge is 1.59. The third-order valence-corrected chi connectivity index (χ3v) is 0.241. The van der Waals surface area contributed by atoms with Crippen molar-refractivity contribution in [2.45, 2.75) is 0 Å². The van der Waals surface area contributed by atoms with Gasteiger partial charge in [0.15, 0.2) is 6.79 Å². The summed E-state index contributed by atoms with van der Waals surface area (Å²) in [4.78, 5) is 0. The average molecular weight is 86.1 g/mol. The molecule has 0 heterocycles. The third kappa shape index (κ3) is 3.28. The highest BCUT2D eigenvalue weighted by atomic mass is 16.6. The van der Waals surface area contributed by atoms with Crippen molar-refractivity contribution in [2.24, 2.45) is 0 Å². The number of rotatable bonds is 2. The van der Waals surface area contributed by atoms with Crippen LogP contribution in [0, 0.1) is 0 Å². The van der Waals surface area contributed by atoms with Crippen molar-refractivity contribution in [3.8, 4) is 0 Å². The maximum absolute atomic E-state index is 7.88. The molecule has 0 amide bonds. The molecule has 1 N–H and O–H groups in total. The lowest BCUT2D eigenvalue weighted by Gasteiger charge is -1.83. The Morgan fingerprint density at radius 2 is 2.67 bits per heavy atom. The van der Waals surface area contributed by atoms with Crippen LogP contribution in [0.1, 0.15) is 0 Å². The molecule has 0 aliphatic rings. The molecule has 0 spiro atoms. The quantitative estimate of drug-likeness (QED) is 0.296. The maximum Gasteiger partial charge on any atom is 0.186 e. The smallest absolute Gasteiger partial charge is 0.186 e. The van der Waals surface area contributed by atoms with Crippen LogP contribution in [0.15, 0.2) is 18.6 Å². The third-order valence-electron chi connectivity index (χ3n) is 0.241. The Morgan fingerprint density at radius 1 is 2.00 bits per heavy atom. The molecule has 0 saturated heterocycles. The van der Waals surface area contributed by atoms with Gasteiger partial charge in [0.25, 0.3) is 0 Å². The predicted octanol–water partition coefficient (Wildman–Crippen LogP) is 0.251. The summed E-state index contributed by atoms with van der Waals surface area (Å²) in [5.74, 6) is 0. The van der Waals surface area contributed by atoms with E-state index in [-0.39, 0.29) is 6.79 Å². The summed E-state index contributed by atoms with van der Waals surface area (Å²) in [5.41, 5.74) is 2.31. The predicted molar refractivity (Wildman–Crippen MR) is 21.9 cm³/mol. The zero-order valence-corrected chi connectivity index (χ0v) is 3.35. The van der Waals surface area contributed by atoms with Gasteiger partial charge in [0, 0.05) is 0 Å². The van der Waals surface area contributed by atoms with Crippen molar-refractivity contribution in [1.29, 1.82) is 0 Å². The summed E-state index contributed by atoms with van der Waals surface area (Å²) in [6, 6.07) is 0. The molecule has 0 fully saturated rings. The van der Waals surface area contributed by atoms with E-state index in [2.05, 4.69) is 17.0 Å². The summed E-state index contributed by atoms with van der Waals surface area (Å²) < 4.78 is 4.24. The zero-order chi connectivity index (χ0) is 4.83. The molecule has 2 nitrogen and oxygen atoms in total. The first-order chi connectivity index (χ1) is 2.91. The van der Waals surface area contributed by atoms with E-state index in [1.165, 1.54) is 6.26 Å². The molecule has 0 aliphatic carbocycles. The molecule has 0 rings (SSSR count). The molecule has 0 radical (unpaired) electrons. The fraction of sp³-hybridized carbons (Fsp3) is 0.250. The largest absolute Gasteiger partial charge is 0.467 e. The van der Waals surface area contributed by atoms with Crippen LogP contribution in [0.2, 0.25) is 0 Å². The van der Waals surface area contributed by atoms with Gasteiger partial charge in [-0.3, -0.25) is 0 Å². The van der Waals surface area contributed by atoms with Crippen LogP contribution in [-0.4, -0.2) is 11.9 Å². The van der Waals surface area contributed by atoms with Gasteiger partial charge in [-0.05, 0) is 0 Å². The van der Waals surface area contributed by atoms with Crippen LogP contribution < -0.4 is 0 Å². The Balaban J connectivity index is 2.86. The van der Waals surface area contributed by atoms with Crippen LogP contribution >= 0.6 is 0 Å².